The van der Waals surface area contributed by atoms with Crippen molar-refractivity contribution < 1.29 is 14.1 Å². The molecule has 3 rings (SSSR count). The van der Waals surface area contributed by atoms with Crippen LogP contribution in [-0.2, 0) is 6.61 Å². The van der Waals surface area contributed by atoms with Gasteiger partial charge in [-0.25, -0.2) is 0 Å². The highest BCUT2D eigenvalue weighted by atomic mass is 16.5. The Morgan fingerprint density at radius 1 is 1.31 bits per heavy atom. The minimum atomic E-state index is 0.0616. The lowest BCUT2D eigenvalue weighted by atomic mass is 9.85. The molecular weight excluding hydrogens is 328 g/mol. The molecule has 0 aliphatic heterocycles. The van der Waals surface area contributed by atoms with Crippen LogP contribution in [0.4, 0.5) is 0 Å². The second kappa shape index (κ2) is 7.94. The number of nitrogens with zero attached hydrogens (tertiary/aromatic N) is 2. The largest absolute Gasteiger partial charge is 0.489 e. The first-order valence-electron chi connectivity index (χ1n) is 9.39. The van der Waals surface area contributed by atoms with Crippen LogP contribution >= 0.6 is 0 Å². The molecule has 1 heterocycles. The van der Waals surface area contributed by atoms with E-state index in [4.69, 9.17) is 9.26 Å². The van der Waals surface area contributed by atoms with Crippen molar-refractivity contribution in [3.05, 3.63) is 46.8 Å². The van der Waals surface area contributed by atoms with E-state index in [0.29, 0.717) is 29.9 Å². The molecule has 0 bridgehead atoms. The van der Waals surface area contributed by atoms with Crippen LogP contribution in [0.15, 0.2) is 28.8 Å². The van der Waals surface area contributed by atoms with Crippen molar-refractivity contribution in [3.63, 3.8) is 0 Å². The molecule has 0 spiro atoms. The topological polar surface area (TPSA) is 55.6 Å². The average molecular weight is 356 g/mol. The van der Waals surface area contributed by atoms with E-state index in [1.807, 2.05) is 50.1 Å². The first-order valence-corrected chi connectivity index (χ1v) is 9.39. The number of amides is 1. The third-order valence-corrected chi connectivity index (χ3v) is 5.53. The van der Waals surface area contributed by atoms with E-state index in [9.17, 15) is 4.79 Å². The van der Waals surface area contributed by atoms with Gasteiger partial charge in [-0.05, 0) is 50.8 Å². The van der Waals surface area contributed by atoms with Gasteiger partial charge in [-0.1, -0.05) is 31.0 Å². The molecule has 1 aromatic carbocycles. The molecule has 26 heavy (non-hydrogen) atoms. The summed E-state index contributed by atoms with van der Waals surface area (Å²) < 4.78 is 11.0. The Bertz CT molecular complexity index is 749. The third-order valence-electron chi connectivity index (χ3n) is 5.53. The number of ether oxygens (including phenoxy) is 1. The highest BCUT2D eigenvalue weighted by Gasteiger charge is 2.28. The predicted molar refractivity (Wildman–Crippen MR) is 100 cm³/mol. The van der Waals surface area contributed by atoms with Crippen molar-refractivity contribution >= 4 is 5.91 Å². The summed E-state index contributed by atoms with van der Waals surface area (Å²) >= 11 is 0. The molecular formula is C21H28N2O3. The SMILES string of the molecule is Cc1noc(C)c1COc1cccc(C(=O)N(C)C2CCCCC2C)c1. The van der Waals surface area contributed by atoms with Gasteiger partial charge in [-0.2, -0.15) is 0 Å². The van der Waals surface area contributed by atoms with Gasteiger partial charge in [-0.15, -0.1) is 0 Å². The molecule has 1 aromatic heterocycles. The van der Waals surface area contributed by atoms with Crippen LogP contribution in [0.3, 0.4) is 0 Å². The first-order chi connectivity index (χ1) is 12.5. The first kappa shape index (κ1) is 18.5. The van der Waals surface area contributed by atoms with E-state index in [2.05, 4.69) is 12.1 Å². The molecule has 5 nitrogen and oxygen atoms in total. The van der Waals surface area contributed by atoms with Crippen molar-refractivity contribution in [2.45, 2.75) is 59.1 Å². The Balaban J connectivity index is 1.69. The van der Waals surface area contributed by atoms with E-state index >= 15 is 0 Å². The van der Waals surface area contributed by atoms with E-state index < -0.39 is 0 Å². The summed E-state index contributed by atoms with van der Waals surface area (Å²) in [6.07, 6.45) is 4.76. The minimum Gasteiger partial charge on any atom is -0.489 e. The molecule has 1 aliphatic rings. The van der Waals surface area contributed by atoms with Gasteiger partial charge in [0.1, 0.15) is 18.1 Å². The number of carbonyl (C=O) groups is 1. The number of benzene rings is 1. The van der Waals surface area contributed by atoms with Gasteiger partial charge in [-0.3, -0.25) is 4.79 Å². The summed E-state index contributed by atoms with van der Waals surface area (Å²) in [4.78, 5) is 14.8. The Morgan fingerprint density at radius 2 is 2.08 bits per heavy atom. The van der Waals surface area contributed by atoms with Crippen LogP contribution in [0.1, 0.15) is 60.0 Å². The second-order valence-electron chi connectivity index (χ2n) is 7.36. The molecule has 1 amide bonds. The Labute approximate surface area is 155 Å². The summed E-state index contributed by atoms with van der Waals surface area (Å²) in [6.45, 7) is 6.40. The van der Waals surface area contributed by atoms with Crippen molar-refractivity contribution in [3.8, 4) is 5.75 Å². The average Bonchev–Trinajstić information content (AvgIpc) is 2.97. The smallest absolute Gasteiger partial charge is 0.253 e. The van der Waals surface area contributed by atoms with E-state index in [-0.39, 0.29) is 5.91 Å². The molecule has 140 valence electrons. The molecule has 0 N–H and O–H groups in total. The predicted octanol–water partition coefficient (Wildman–Crippen LogP) is 4.52. The molecule has 1 aliphatic carbocycles. The monoisotopic (exact) mass is 356 g/mol. The molecule has 1 saturated carbocycles. The normalized spacial score (nSPS) is 20.0. The Kier molecular flexibility index (Phi) is 5.64. The second-order valence-corrected chi connectivity index (χ2v) is 7.36. The van der Waals surface area contributed by atoms with Crippen LogP contribution in [0.25, 0.3) is 0 Å². The molecule has 0 radical (unpaired) electrons. The van der Waals surface area contributed by atoms with Crippen molar-refractivity contribution in [1.82, 2.24) is 10.1 Å². The zero-order valence-corrected chi connectivity index (χ0v) is 16.1. The van der Waals surface area contributed by atoms with E-state index in [1.54, 1.807) is 0 Å². The van der Waals surface area contributed by atoms with Gasteiger partial charge in [0.05, 0.1) is 11.3 Å². The maximum Gasteiger partial charge on any atom is 0.253 e. The van der Waals surface area contributed by atoms with Crippen molar-refractivity contribution in [2.24, 2.45) is 5.92 Å². The molecule has 2 aromatic rings. The molecule has 1 fully saturated rings. The number of rotatable bonds is 5. The van der Waals surface area contributed by atoms with Crippen LogP contribution in [0.5, 0.6) is 5.75 Å². The van der Waals surface area contributed by atoms with Crippen LogP contribution in [0, 0.1) is 19.8 Å². The standard InChI is InChI=1S/C21H28N2O3/c1-14-8-5-6-11-20(14)23(4)21(24)17-9-7-10-18(12-17)25-13-19-15(2)22-26-16(19)3/h7,9-10,12,14,20H,5-6,8,11,13H2,1-4H3. The summed E-state index contributed by atoms with van der Waals surface area (Å²) in [7, 11) is 1.92. The fraction of sp³-hybridized carbons (Fsp3) is 0.524. The highest BCUT2D eigenvalue weighted by molar-refractivity contribution is 5.94. The number of aromatic nitrogens is 1. The molecule has 0 saturated heterocycles. The van der Waals surface area contributed by atoms with Crippen molar-refractivity contribution in [2.75, 3.05) is 7.05 Å². The Hall–Kier alpha value is -2.30. The van der Waals surface area contributed by atoms with Gasteiger partial charge in [0.25, 0.3) is 5.91 Å². The lowest BCUT2D eigenvalue weighted by Gasteiger charge is -2.36. The third kappa shape index (κ3) is 3.92. The van der Waals surface area contributed by atoms with Gasteiger partial charge >= 0.3 is 0 Å². The number of aryl methyl sites for hydroxylation is 2. The lowest BCUT2D eigenvalue weighted by Crippen LogP contribution is -2.42. The zero-order valence-electron chi connectivity index (χ0n) is 16.1. The summed E-state index contributed by atoms with van der Waals surface area (Å²) in [6, 6.07) is 7.74. The van der Waals surface area contributed by atoms with Gasteiger partial charge in [0.2, 0.25) is 0 Å². The van der Waals surface area contributed by atoms with Crippen LogP contribution in [0.2, 0.25) is 0 Å². The summed E-state index contributed by atoms with van der Waals surface area (Å²) in [5.41, 5.74) is 2.46. The fourth-order valence-corrected chi connectivity index (χ4v) is 3.81. The van der Waals surface area contributed by atoms with Gasteiger partial charge in [0, 0.05) is 18.7 Å². The number of hydrogen-bond donors (Lipinski definition) is 0. The molecule has 5 heteroatoms. The molecule has 2 atom stereocenters. The summed E-state index contributed by atoms with van der Waals surface area (Å²) in [5.74, 6) is 2.06. The van der Waals surface area contributed by atoms with E-state index in [1.165, 1.54) is 19.3 Å². The fourth-order valence-electron chi connectivity index (χ4n) is 3.81. The van der Waals surface area contributed by atoms with Crippen molar-refractivity contribution in [1.29, 1.82) is 0 Å². The number of carbonyl (C=O) groups excluding carboxylic acids is 1. The van der Waals surface area contributed by atoms with Crippen LogP contribution in [-0.4, -0.2) is 29.1 Å². The van der Waals surface area contributed by atoms with Crippen LogP contribution < -0.4 is 4.74 Å². The zero-order chi connectivity index (χ0) is 18.7. The van der Waals surface area contributed by atoms with E-state index in [0.717, 1.165) is 23.4 Å². The highest BCUT2D eigenvalue weighted by Crippen LogP contribution is 2.28. The van der Waals surface area contributed by atoms with Gasteiger partial charge < -0.3 is 14.2 Å². The number of hydrogen-bond acceptors (Lipinski definition) is 4. The lowest BCUT2D eigenvalue weighted by molar-refractivity contribution is 0.0628. The minimum absolute atomic E-state index is 0.0616. The van der Waals surface area contributed by atoms with Gasteiger partial charge in [0.15, 0.2) is 0 Å². The molecule has 2 unspecified atom stereocenters. The Morgan fingerprint density at radius 3 is 2.77 bits per heavy atom. The maximum absolute atomic E-state index is 12.9. The maximum atomic E-state index is 12.9. The summed E-state index contributed by atoms with van der Waals surface area (Å²) in [5, 5.41) is 3.94. The quantitative estimate of drug-likeness (QED) is 0.790.